The molecule has 2 rings (SSSR count). The number of ether oxygens (including phenoxy) is 1. The average Bonchev–Trinajstić information content (AvgIpc) is 2.36. The van der Waals surface area contributed by atoms with Crippen LogP contribution < -0.4 is 4.74 Å². The molecular weight excluding hydrogens is 276 g/mol. The van der Waals surface area contributed by atoms with Crippen molar-refractivity contribution in [2.45, 2.75) is 24.6 Å². The summed E-state index contributed by atoms with van der Waals surface area (Å²) in [4.78, 5) is 0.484. The molecule has 0 aliphatic carbocycles. The Hall–Kier alpha value is -1.02. The van der Waals surface area contributed by atoms with Crippen molar-refractivity contribution in [1.82, 2.24) is 0 Å². The van der Waals surface area contributed by atoms with Crippen LogP contribution in [0.4, 0.5) is 0 Å². The van der Waals surface area contributed by atoms with Crippen LogP contribution in [-0.2, 0) is 0 Å². The van der Waals surface area contributed by atoms with Gasteiger partial charge in [0.05, 0.1) is 7.11 Å². The first-order valence-electron chi connectivity index (χ1n) is 5.83. The Labute approximate surface area is 111 Å². The fraction of sp³-hybridized carbons (Fsp3) is 0.333. The van der Waals surface area contributed by atoms with Crippen LogP contribution in [0.25, 0.3) is 10.8 Å². The van der Waals surface area contributed by atoms with E-state index in [4.69, 9.17) is 4.74 Å². The number of methoxy groups -OCH3 is 1. The maximum Gasteiger partial charge on any atom is 0.119 e. The monoisotopic (exact) mass is 292 g/mol. The van der Waals surface area contributed by atoms with Gasteiger partial charge < -0.3 is 4.74 Å². The molecule has 0 amide bonds. The van der Waals surface area contributed by atoms with Crippen LogP contribution in [0.3, 0.4) is 0 Å². The van der Waals surface area contributed by atoms with Gasteiger partial charge in [-0.05, 0) is 34.4 Å². The van der Waals surface area contributed by atoms with Crippen molar-refractivity contribution in [1.29, 1.82) is 0 Å². The van der Waals surface area contributed by atoms with Crippen LogP contribution in [0.1, 0.15) is 25.3 Å². The van der Waals surface area contributed by atoms with E-state index in [-0.39, 0.29) is 0 Å². The maximum absolute atomic E-state index is 5.23. The van der Waals surface area contributed by atoms with Gasteiger partial charge in [0.1, 0.15) is 5.75 Å². The molecule has 2 atom stereocenters. The zero-order chi connectivity index (χ0) is 12.4. The van der Waals surface area contributed by atoms with E-state index in [2.05, 4.69) is 60.1 Å². The number of hydrogen-bond acceptors (Lipinski definition) is 1. The lowest BCUT2D eigenvalue weighted by molar-refractivity contribution is 0.415. The largest absolute Gasteiger partial charge is 0.497 e. The van der Waals surface area contributed by atoms with Crippen molar-refractivity contribution in [3.63, 3.8) is 0 Å². The van der Waals surface area contributed by atoms with Crippen molar-refractivity contribution in [2.24, 2.45) is 0 Å². The van der Waals surface area contributed by atoms with Gasteiger partial charge in [-0.15, -0.1) is 0 Å². The molecular formula is C15H17BrO. The summed E-state index contributed by atoms with van der Waals surface area (Å²) in [5.41, 5.74) is 1.37. The van der Waals surface area contributed by atoms with E-state index in [0.29, 0.717) is 10.7 Å². The van der Waals surface area contributed by atoms with Gasteiger partial charge in [-0.3, -0.25) is 0 Å². The Balaban J connectivity index is 2.44. The number of benzene rings is 2. The quantitative estimate of drug-likeness (QED) is 0.743. The molecule has 0 saturated heterocycles. The lowest BCUT2D eigenvalue weighted by Gasteiger charge is -2.15. The number of halogens is 1. The Kier molecular flexibility index (Phi) is 3.72. The SMILES string of the molecule is COc1ccc2cc(C(C)C(C)Br)ccc2c1. The summed E-state index contributed by atoms with van der Waals surface area (Å²) in [7, 11) is 1.70. The zero-order valence-electron chi connectivity index (χ0n) is 10.4. The van der Waals surface area contributed by atoms with Crippen molar-refractivity contribution in [2.75, 3.05) is 7.11 Å². The second kappa shape index (κ2) is 5.09. The van der Waals surface area contributed by atoms with Gasteiger partial charge in [-0.1, -0.05) is 54.0 Å². The Bertz CT molecular complexity index is 519. The van der Waals surface area contributed by atoms with Crippen molar-refractivity contribution in [3.05, 3.63) is 42.0 Å². The van der Waals surface area contributed by atoms with E-state index in [1.807, 2.05) is 6.07 Å². The highest BCUT2D eigenvalue weighted by molar-refractivity contribution is 9.09. The third-order valence-electron chi connectivity index (χ3n) is 3.29. The first-order valence-corrected chi connectivity index (χ1v) is 6.75. The van der Waals surface area contributed by atoms with Crippen LogP contribution in [-0.4, -0.2) is 11.9 Å². The summed E-state index contributed by atoms with van der Waals surface area (Å²) >= 11 is 3.64. The molecule has 0 heterocycles. The van der Waals surface area contributed by atoms with Gasteiger partial charge in [-0.2, -0.15) is 0 Å². The van der Waals surface area contributed by atoms with E-state index in [9.17, 15) is 0 Å². The Morgan fingerprint density at radius 2 is 1.65 bits per heavy atom. The van der Waals surface area contributed by atoms with Crippen molar-refractivity contribution < 1.29 is 4.74 Å². The molecule has 0 fully saturated rings. The van der Waals surface area contributed by atoms with E-state index in [0.717, 1.165) is 5.75 Å². The van der Waals surface area contributed by atoms with Crippen molar-refractivity contribution in [3.8, 4) is 5.75 Å². The molecule has 0 bridgehead atoms. The van der Waals surface area contributed by atoms with Gasteiger partial charge in [0, 0.05) is 4.83 Å². The van der Waals surface area contributed by atoms with E-state index < -0.39 is 0 Å². The fourth-order valence-corrected chi connectivity index (χ4v) is 2.22. The van der Waals surface area contributed by atoms with E-state index in [1.165, 1.54) is 16.3 Å². The topological polar surface area (TPSA) is 9.23 Å². The van der Waals surface area contributed by atoms with Gasteiger partial charge in [0.15, 0.2) is 0 Å². The van der Waals surface area contributed by atoms with Gasteiger partial charge in [0.2, 0.25) is 0 Å². The number of fused-ring (bicyclic) bond motifs is 1. The van der Waals surface area contributed by atoms with Crippen LogP contribution >= 0.6 is 15.9 Å². The molecule has 2 aromatic rings. The molecule has 2 unspecified atom stereocenters. The third-order valence-corrected chi connectivity index (χ3v) is 4.08. The highest BCUT2D eigenvalue weighted by atomic mass is 79.9. The lowest BCUT2D eigenvalue weighted by Crippen LogP contribution is -2.03. The number of rotatable bonds is 3. The van der Waals surface area contributed by atoms with Gasteiger partial charge in [-0.25, -0.2) is 0 Å². The fourth-order valence-electron chi connectivity index (χ4n) is 1.92. The van der Waals surface area contributed by atoms with E-state index >= 15 is 0 Å². The molecule has 0 N–H and O–H groups in total. The third kappa shape index (κ3) is 2.63. The molecule has 0 saturated carbocycles. The summed E-state index contributed by atoms with van der Waals surface area (Å²) < 4.78 is 5.23. The predicted molar refractivity (Wildman–Crippen MR) is 77.3 cm³/mol. The standard InChI is InChI=1S/C15H17BrO/c1-10(11(2)16)12-4-5-14-9-15(17-3)7-6-13(14)8-12/h4-11H,1-3H3. The minimum Gasteiger partial charge on any atom is -0.497 e. The minimum atomic E-state index is 0.484. The maximum atomic E-state index is 5.23. The molecule has 2 aromatic carbocycles. The molecule has 2 heteroatoms. The summed E-state index contributed by atoms with van der Waals surface area (Å²) in [5, 5.41) is 2.49. The molecule has 17 heavy (non-hydrogen) atoms. The molecule has 0 aliphatic heterocycles. The lowest BCUT2D eigenvalue weighted by atomic mass is 9.96. The molecule has 1 nitrogen and oxygen atoms in total. The summed E-state index contributed by atoms with van der Waals surface area (Å²) in [5.74, 6) is 1.42. The second-order valence-corrected chi connectivity index (χ2v) is 5.88. The Morgan fingerprint density at radius 1 is 1.00 bits per heavy atom. The van der Waals surface area contributed by atoms with Crippen LogP contribution in [0.5, 0.6) is 5.75 Å². The summed E-state index contributed by atoms with van der Waals surface area (Å²) in [6.07, 6.45) is 0. The number of alkyl halides is 1. The van der Waals surface area contributed by atoms with Crippen LogP contribution in [0, 0.1) is 0 Å². The molecule has 0 spiro atoms. The second-order valence-electron chi connectivity index (χ2n) is 4.44. The minimum absolute atomic E-state index is 0.484. The van der Waals surface area contributed by atoms with Gasteiger partial charge in [0.25, 0.3) is 0 Å². The molecule has 0 aliphatic rings. The first-order chi connectivity index (χ1) is 8.11. The summed E-state index contributed by atoms with van der Waals surface area (Å²) in [6, 6.07) is 12.8. The normalized spacial score (nSPS) is 14.6. The number of hydrogen-bond donors (Lipinski definition) is 0. The highest BCUT2D eigenvalue weighted by Crippen LogP contribution is 2.28. The van der Waals surface area contributed by atoms with Gasteiger partial charge >= 0.3 is 0 Å². The van der Waals surface area contributed by atoms with E-state index in [1.54, 1.807) is 7.11 Å². The van der Waals surface area contributed by atoms with Crippen molar-refractivity contribution >= 4 is 26.7 Å². The first kappa shape index (κ1) is 12.4. The van der Waals surface area contributed by atoms with Crippen LogP contribution in [0.15, 0.2) is 36.4 Å². The average molecular weight is 293 g/mol. The zero-order valence-corrected chi connectivity index (χ0v) is 12.0. The smallest absolute Gasteiger partial charge is 0.119 e. The molecule has 90 valence electrons. The molecule has 0 radical (unpaired) electrons. The highest BCUT2D eigenvalue weighted by Gasteiger charge is 2.11. The summed E-state index contributed by atoms with van der Waals surface area (Å²) in [6.45, 7) is 4.42. The predicted octanol–water partition coefficient (Wildman–Crippen LogP) is 4.74. The molecule has 0 aromatic heterocycles. The van der Waals surface area contributed by atoms with Crippen LogP contribution in [0.2, 0.25) is 0 Å². The Morgan fingerprint density at radius 3 is 2.29 bits per heavy atom.